The molecule has 0 amide bonds. The molecule has 5 heteroatoms. The summed E-state index contributed by atoms with van der Waals surface area (Å²) in [5.74, 6) is 0. The van der Waals surface area contributed by atoms with Crippen LogP contribution in [0.2, 0.25) is 5.02 Å². The lowest BCUT2D eigenvalue weighted by atomic mass is 10.1. The van der Waals surface area contributed by atoms with Crippen molar-refractivity contribution in [2.24, 2.45) is 7.05 Å². The molecule has 0 aliphatic carbocycles. The van der Waals surface area contributed by atoms with Crippen LogP contribution in [-0.2, 0) is 7.05 Å². The molecule has 4 nitrogen and oxygen atoms in total. The van der Waals surface area contributed by atoms with Crippen LogP contribution in [0.5, 0.6) is 0 Å². The Morgan fingerprint density at radius 3 is 2.59 bits per heavy atom. The highest BCUT2D eigenvalue weighted by Gasteiger charge is 2.19. The van der Waals surface area contributed by atoms with Gasteiger partial charge in [0.25, 0.3) is 5.52 Å². The number of aromatic amines is 1. The third-order valence-corrected chi connectivity index (χ3v) is 4.12. The molecule has 0 radical (unpaired) electrons. The maximum atomic E-state index is 12.8. The van der Waals surface area contributed by atoms with Crippen LogP contribution in [0.3, 0.4) is 0 Å². The van der Waals surface area contributed by atoms with Gasteiger partial charge in [0, 0.05) is 15.8 Å². The van der Waals surface area contributed by atoms with Crippen LogP contribution >= 0.6 is 11.6 Å². The van der Waals surface area contributed by atoms with E-state index in [0.29, 0.717) is 10.5 Å². The van der Waals surface area contributed by atoms with Crippen molar-refractivity contribution in [2.75, 3.05) is 0 Å². The van der Waals surface area contributed by atoms with Crippen molar-refractivity contribution in [1.29, 1.82) is 0 Å². The Morgan fingerprint density at radius 1 is 1.09 bits per heavy atom. The van der Waals surface area contributed by atoms with E-state index in [1.807, 2.05) is 54.2 Å². The molecule has 4 aromatic rings. The van der Waals surface area contributed by atoms with E-state index in [2.05, 4.69) is 5.10 Å². The summed E-state index contributed by atoms with van der Waals surface area (Å²) in [7, 11) is 1.89. The van der Waals surface area contributed by atoms with Crippen molar-refractivity contribution in [1.82, 2.24) is 9.78 Å². The summed E-state index contributed by atoms with van der Waals surface area (Å²) in [5.41, 5.74) is 2.16. The average molecular weight is 311 g/mol. The molecular formula is C17H13ClN3O+. The molecule has 0 unspecified atom stereocenters. The van der Waals surface area contributed by atoms with Crippen molar-refractivity contribution in [3.63, 3.8) is 0 Å². The van der Waals surface area contributed by atoms with E-state index in [1.54, 1.807) is 16.8 Å². The summed E-state index contributed by atoms with van der Waals surface area (Å²) in [6, 6.07) is 15.2. The van der Waals surface area contributed by atoms with Gasteiger partial charge in [0.1, 0.15) is 12.6 Å². The molecular weight excluding hydrogens is 298 g/mol. The minimum absolute atomic E-state index is 0.0782. The second kappa shape index (κ2) is 4.71. The standard InChI is InChI=1S/C17H12ClN3O/c1-20-10-11-4-2-3-5-14(11)15-16(20)17(22)21(19-15)13-8-6-12(18)7-9-13/h2-10H,1H3/p+1. The third kappa shape index (κ3) is 1.84. The van der Waals surface area contributed by atoms with Gasteiger partial charge in [-0.15, -0.1) is 0 Å². The monoisotopic (exact) mass is 310 g/mol. The molecule has 108 valence electrons. The van der Waals surface area contributed by atoms with E-state index in [9.17, 15) is 4.79 Å². The first-order valence-electron chi connectivity index (χ1n) is 6.93. The predicted molar refractivity (Wildman–Crippen MR) is 87.6 cm³/mol. The Balaban J connectivity index is 2.12. The average Bonchev–Trinajstić information content (AvgIpc) is 2.87. The van der Waals surface area contributed by atoms with Gasteiger partial charge >= 0.3 is 5.56 Å². The number of benzene rings is 2. The zero-order valence-electron chi connectivity index (χ0n) is 11.9. The number of hydrogen-bond donors (Lipinski definition) is 1. The molecule has 0 bridgehead atoms. The number of nitrogens with one attached hydrogen (secondary N) is 1. The van der Waals surface area contributed by atoms with E-state index in [4.69, 9.17) is 11.6 Å². The molecule has 0 aliphatic rings. The molecule has 2 aromatic carbocycles. The van der Waals surface area contributed by atoms with Crippen LogP contribution in [0.25, 0.3) is 27.5 Å². The van der Waals surface area contributed by atoms with Gasteiger partial charge in [-0.2, -0.15) is 4.57 Å². The zero-order valence-corrected chi connectivity index (χ0v) is 12.6. The first-order chi connectivity index (χ1) is 10.6. The first kappa shape index (κ1) is 13.1. The number of fused-ring (bicyclic) bond motifs is 3. The summed E-state index contributed by atoms with van der Waals surface area (Å²) < 4.78 is 3.41. The topological polar surface area (TPSA) is 41.7 Å². The maximum absolute atomic E-state index is 12.8. The fourth-order valence-corrected chi connectivity index (χ4v) is 2.95. The summed E-state index contributed by atoms with van der Waals surface area (Å²) >= 11 is 5.92. The molecule has 0 spiro atoms. The number of pyridine rings is 1. The van der Waals surface area contributed by atoms with Gasteiger partial charge in [-0.25, -0.2) is 4.68 Å². The highest BCUT2D eigenvalue weighted by molar-refractivity contribution is 6.30. The second-order valence-electron chi connectivity index (χ2n) is 5.28. The van der Waals surface area contributed by atoms with Crippen LogP contribution in [0, 0.1) is 0 Å². The third-order valence-electron chi connectivity index (χ3n) is 3.87. The minimum atomic E-state index is -0.0782. The lowest BCUT2D eigenvalue weighted by molar-refractivity contribution is -0.644. The van der Waals surface area contributed by atoms with Gasteiger partial charge in [-0.1, -0.05) is 29.8 Å². The summed E-state index contributed by atoms with van der Waals surface area (Å²) in [4.78, 5) is 12.8. The number of halogens is 1. The Kier molecular flexibility index (Phi) is 2.81. The van der Waals surface area contributed by atoms with Crippen LogP contribution in [0.15, 0.2) is 59.5 Å². The van der Waals surface area contributed by atoms with Crippen LogP contribution < -0.4 is 10.1 Å². The number of rotatable bonds is 1. The predicted octanol–water partition coefficient (Wildman–Crippen LogP) is 2.95. The van der Waals surface area contributed by atoms with Crippen molar-refractivity contribution < 1.29 is 4.57 Å². The van der Waals surface area contributed by atoms with Gasteiger partial charge in [-0.05, 0) is 30.3 Å². The molecule has 0 aliphatic heterocycles. The second-order valence-corrected chi connectivity index (χ2v) is 5.72. The fraction of sp³-hybridized carbons (Fsp3) is 0.0588. The summed E-state index contributed by atoms with van der Waals surface area (Å²) in [6.45, 7) is 0. The van der Waals surface area contributed by atoms with Gasteiger partial charge in [0.2, 0.25) is 0 Å². The lowest BCUT2D eigenvalue weighted by Crippen LogP contribution is -2.33. The Morgan fingerprint density at radius 2 is 1.82 bits per heavy atom. The molecule has 0 saturated carbocycles. The summed E-state index contributed by atoms with van der Waals surface area (Å²) in [6.07, 6.45) is 1.97. The SMILES string of the molecule is C[n+]1cc2ccccc2c2[nH]n(-c3ccc(Cl)cc3)c(=O)c21. The molecule has 1 N–H and O–H groups in total. The van der Waals surface area contributed by atoms with E-state index in [-0.39, 0.29) is 5.56 Å². The molecule has 4 rings (SSSR count). The van der Waals surface area contributed by atoms with Gasteiger partial charge in [0.15, 0.2) is 6.20 Å². The van der Waals surface area contributed by atoms with E-state index < -0.39 is 0 Å². The smallest absolute Gasteiger partial charge is 0.284 e. The largest absolute Gasteiger partial charge is 0.344 e. The normalized spacial score (nSPS) is 11.4. The molecule has 22 heavy (non-hydrogen) atoms. The first-order valence-corrected chi connectivity index (χ1v) is 7.31. The van der Waals surface area contributed by atoms with Crippen LogP contribution in [0.1, 0.15) is 0 Å². The molecule has 0 atom stereocenters. The van der Waals surface area contributed by atoms with Crippen molar-refractivity contribution in [2.45, 2.75) is 0 Å². The van der Waals surface area contributed by atoms with Crippen molar-refractivity contribution in [3.8, 4) is 5.69 Å². The Hall–Kier alpha value is -2.59. The van der Waals surface area contributed by atoms with E-state index in [1.165, 1.54) is 0 Å². The number of nitrogens with zero attached hydrogens (tertiary/aromatic N) is 2. The van der Waals surface area contributed by atoms with Gasteiger partial charge < -0.3 is 0 Å². The van der Waals surface area contributed by atoms with Crippen LogP contribution in [0.4, 0.5) is 0 Å². The molecule has 2 aromatic heterocycles. The lowest BCUT2D eigenvalue weighted by Gasteiger charge is -2.00. The molecule has 0 fully saturated rings. The van der Waals surface area contributed by atoms with Crippen molar-refractivity contribution >= 4 is 33.4 Å². The van der Waals surface area contributed by atoms with Gasteiger partial charge in [0.05, 0.1) is 5.69 Å². The number of hydrogen-bond acceptors (Lipinski definition) is 1. The van der Waals surface area contributed by atoms with E-state index >= 15 is 0 Å². The number of aromatic nitrogens is 3. The highest BCUT2D eigenvalue weighted by Crippen LogP contribution is 2.20. The minimum Gasteiger partial charge on any atom is -0.284 e. The Bertz CT molecular complexity index is 1060. The number of H-pyrrole nitrogens is 1. The fourth-order valence-electron chi connectivity index (χ4n) is 2.83. The molecule has 0 saturated heterocycles. The maximum Gasteiger partial charge on any atom is 0.344 e. The van der Waals surface area contributed by atoms with Gasteiger partial charge in [-0.3, -0.25) is 9.89 Å². The molecule has 2 heterocycles. The quantitative estimate of drug-likeness (QED) is 0.540. The zero-order chi connectivity index (χ0) is 15.3. The summed E-state index contributed by atoms with van der Waals surface area (Å²) in [5, 5.41) is 5.98. The van der Waals surface area contributed by atoms with E-state index in [0.717, 1.165) is 22.0 Å². The Labute approximate surface area is 131 Å². The van der Waals surface area contributed by atoms with Crippen molar-refractivity contribution in [3.05, 3.63) is 70.1 Å². The number of aryl methyl sites for hydroxylation is 1. The van der Waals surface area contributed by atoms with Crippen LogP contribution in [-0.4, -0.2) is 9.78 Å². The highest BCUT2D eigenvalue weighted by atomic mass is 35.5.